The molecule has 0 bridgehead atoms. The Morgan fingerprint density at radius 2 is 2.23 bits per heavy atom. The Bertz CT molecular complexity index is 546. The number of nitrogens with one attached hydrogen (secondary N) is 1. The molecular formula is C15H18N2O3S2. The third-order valence-electron chi connectivity index (χ3n) is 3.46. The van der Waals surface area contributed by atoms with Crippen LogP contribution in [-0.2, 0) is 20.1 Å². The molecule has 0 unspecified atom stereocenters. The summed E-state index contributed by atoms with van der Waals surface area (Å²) in [7, 11) is 0. The van der Waals surface area contributed by atoms with Gasteiger partial charge in [0.15, 0.2) is 6.61 Å². The van der Waals surface area contributed by atoms with E-state index in [2.05, 4.69) is 11.4 Å². The van der Waals surface area contributed by atoms with Crippen LogP contribution in [0.5, 0.6) is 0 Å². The summed E-state index contributed by atoms with van der Waals surface area (Å²) >= 11 is 3.10. The van der Waals surface area contributed by atoms with Crippen LogP contribution in [0.2, 0.25) is 0 Å². The monoisotopic (exact) mass is 338 g/mol. The first-order valence-corrected chi connectivity index (χ1v) is 9.15. The Balaban J connectivity index is 1.63. The number of thioether (sulfide) groups is 1. The van der Waals surface area contributed by atoms with Crippen molar-refractivity contribution in [2.75, 3.05) is 12.4 Å². The van der Waals surface area contributed by atoms with Crippen LogP contribution in [0.1, 0.15) is 30.6 Å². The second-order valence-corrected chi connectivity index (χ2v) is 7.20. The first kappa shape index (κ1) is 16.8. The Labute approximate surface area is 138 Å². The number of ether oxygens (including phenoxy) is 1. The van der Waals surface area contributed by atoms with Gasteiger partial charge in [-0.15, -0.1) is 23.1 Å². The SMILES string of the molecule is N#CC1(NC(=O)COC(=O)CSCc2cccs2)CCCC1. The molecule has 2 rings (SSSR count). The number of nitrogens with zero attached hydrogens (tertiary/aromatic N) is 1. The van der Waals surface area contributed by atoms with Gasteiger partial charge in [0.1, 0.15) is 5.54 Å². The summed E-state index contributed by atoms with van der Waals surface area (Å²) in [6.45, 7) is -0.318. The zero-order valence-electron chi connectivity index (χ0n) is 12.2. The maximum absolute atomic E-state index is 11.8. The van der Waals surface area contributed by atoms with Crippen molar-refractivity contribution >= 4 is 35.0 Å². The van der Waals surface area contributed by atoms with Crippen LogP contribution in [0.4, 0.5) is 0 Å². The highest BCUT2D eigenvalue weighted by Crippen LogP contribution is 2.28. The molecule has 1 heterocycles. The molecule has 7 heteroatoms. The number of hydrogen-bond acceptors (Lipinski definition) is 6. The van der Waals surface area contributed by atoms with Crippen LogP contribution in [0, 0.1) is 11.3 Å². The lowest BCUT2D eigenvalue weighted by molar-refractivity contribution is -0.146. The minimum atomic E-state index is -0.766. The van der Waals surface area contributed by atoms with Crippen LogP contribution in [0.15, 0.2) is 17.5 Å². The number of carbonyl (C=O) groups excluding carboxylic acids is 2. The molecule has 0 aliphatic heterocycles. The normalized spacial score (nSPS) is 16.0. The molecule has 0 radical (unpaired) electrons. The summed E-state index contributed by atoms with van der Waals surface area (Å²) in [5, 5.41) is 13.9. The minimum absolute atomic E-state index is 0.217. The smallest absolute Gasteiger partial charge is 0.316 e. The van der Waals surface area contributed by atoms with Crippen molar-refractivity contribution in [2.24, 2.45) is 0 Å². The molecule has 22 heavy (non-hydrogen) atoms. The Hall–Kier alpha value is -1.52. The Kier molecular flexibility index (Phi) is 6.28. The first-order valence-electron chi connectivity index (χ1n) is 7.11. The number of hydrogen-bond donors (Lipinski definition) is 1. The van der Waals surface area contributed by atoms with Gasteiger partial charge in [0.05, 0.1) is 11.8 Å². The van der Waals surface area contributed by atoms with Gasteiger partial charge >= 0.3 is 5.97 Å². The first-order chi connectivity index (χ1) is 10.6. The summed E-state index contributed by atoms with van der Waals surface area (Å²) in [5.74, 6) is 0.166. The van der Waals surface area contributed by atoms with E-state index in [1.54, 1.807) is 11.3 Å². The van der Waals surface area contributed by atoms with Crippen molar-refractivity contribution in [1.29, 1.82) is 5.26 Å². The molecule has 118 valence electrons. The van der Waals surface area contributed by atoms with Gasteiger partial charge in [0.25, 0.3) is 5.91 Å². The van der Waals surface area contributed by atoms with E-state index >= 15 is 0 Å². The second kappa shape index (κ2) is 8.20. The third kappa shape index (κ3) is 5.04. The van der Waals surface area contributed by atoms with Crippen molar-refractivity contribution in [3.8, 4) is 6.07 Å². The van der Waals surface area contributed by atoms with Crippen LogP contribution in [0.25, 0.3) is 0 Å². The topological polar surface area (TPSA) is 79.2 Å². The van der Waals surface area contributed by atoms with E-state index in [0.29, 0.717) is 12.8 Å². The Morgan fingerprint density at radius 3 is 2.86 bits per heavy atom. The van der Waals surface area contributed by atoms with Crippen LogP contribution < -0.4 is 5.32 Å². The molecule has 0 spiro atoms. The molecule has 1 aliphatic carbocycles. The predicted molar refractivity (Wildman–Crippen MR) is 86.4 cm³/mol. The second-order valence-electron chi connectivity index (χ2n) is 5.18. The van der Waals surface area contributed by atoms with Crippen molar-refractivity contribution in [3.63, 3.8) is 0 Å². The van der Waals surface area contributed by atoms with Crippen molar-refractivity contribution < 1.29 is 14.3 Å². The zero-order chi connectivity index (χ0) is 15.8. The average molecular weight is 338 g/mol. The number of thiophene rings is 1. The fourth-order valence-electron chi connectivity index (χ4n) is 2.36. The lowest BCUT2D eigenvalue weighted by Gasteiger charge is -2.21. The van der Waals surface area contributed by atoms with Crippen molar-refractivity contribution in [2.45, 2.75) is 37.0 Å². The molecule has 1 aromatic rings. The molecule has 1 N–H and O–H groups in total. The van der Waals surface area contributed by atoms with E-state index in [4.69, 9.17) is 4.74 Å². The summed E-state index contributed by atoms with van der Waals surface area (Å²) < 4.78 is 4.95. The lowest BCUT2D eigenvalue weighted by Crippen LogP contribution is -2.46. The molecule has 0 atom stereocenters. The molecule has 5 nitrogen and oxygen atoms in total. The maximum atomic E-state index is 11.8. The van der Waals surface area contributed by atoms with E-state index in [1.165, 1.54) is 16.6 Å². The summed E-state index contributed by atoms with van der Waals surface area (Å²) in [6, 6.07) is 6.15. The quantitative estimate of drug-likeness (QED) is 0.773. The lowest BCUT2D eigenvalue weighted by atomic mass is 10.00. The number of carbonyl (C=O) groups is 2. The van der Waals surface area contributed by atoms with Gasteiger partial charge in [-0.3, -0.25) is 9.59 Å². The fourth-order valence-corrected chi connectivity index (χ4v) is 4.02. The van der Waals surface area contributed by atoms with Crippen LogP contribution in [0.3, 0.4) is 0 Å². The number of esters is 1. The van der Waals surface area contributed by atoms with E-state index in [9.17, 15) is 14.9 Å². The number of amides is 1. The van der Waals surface area contributed by atoms with Gasteiger partial charge < -0.3 is 10.1 Å². The highest BCUT2D eigenvalue weighted by Gasteiger charge is 2.35. The van der Waals surface area contributed by atoms with Gasteiger partial charge in [0.2, 0.25) is 0 Å². The number of rotatable bonds is 7. The molecule has 1 saturated carbocycles. The predicted octanol–water partition coefficient (Wildman–Crippen LogP) is 2.48. The van der Waals surface area contributed by atoms with Gasteiger partial charge in [-0.05, 0) is 37.1 Å². The van der Waals surface area contributed by atoms with E-state index in [1.807, 2.05) is 17.5 Å². The molecule has 0 aromatic carbocycles. The molecular weight excluding hydrogens is 320 g/mol. The molecule has 1 aliphatic rings. The number of nitriles is 1. The molecule has 0 saturated heterocycles. The average Bonchev–Trinajstić information content (AvgIpc) is 3.17. The molecule has 1 fully saturated rings. The van der Waals surface area contributed by atoms with Gasteiger partial charge in [-0.25, -0.2) is 0 Å². The Morgan fingerprint density at radius 1 is 1.45 bits per heavy atom. The highest BCUT2D eigenvalue weighted by atomic mass is 32.2. The standard InChI is InChI=1S/C15H18N2O3S2/c16-11-15(5-1-2-6-15)17-13(18)8-20-14(19)10-21-9-12-4-3-7-22-12/h3-4,7H,1-2,5-6,8-10H2,(H,17,18). The van der Waals surface area contributed by atoms with Gasteiger partial charge in [0, 0.05) is 10.6 Å². The largest absolute Gasteiger partial charge is 0.455 e. The van der Waals surface area contributed by atoms with E-state index in [-0.39, 0.29) is 12.4 Å². The van der Waals surface area contributed by atoms with E-state index in [0.717, 1.165) is 18.6 Å². The van der Waals surface area contributed by atoms with Crippen molar-refractivity contribution in [3.05, 3.63) is 22.4 Å². The van der Waals surface area contributed by atoms with Gasteiger partial charge in [-0.2, -0.15) is 5.26 Å². The van der Waals surface area contributed by atoms with Crippen LogP contribution >= 0.6 is 23.1 Å². The van der Waals surface area contributed by atoms with Crippen molar-refractivity contribution in [1.82, 2.24) is 5.32 Å². The summed E-state index contributed by atoms with van der Waals surface area (Å²) in [5.41, 5.74) is -0.766. The highest BCUT2D eigenvalue weighted by molar-refractivity contribution is 7.99. The minimum Gasteiger partial charge on any atom is -0.455 e. The fraction of sp³-hybridized carbons (Fsp3) is 0.533. The van der Waals surface area contributed by atoms with Gasteiger partial charge in [-0.1, -0.05) is 6.07 Å². The van der Waals surface area contributed by atoms with Crippen LogP contribution in [-0.4, -0.2) is 29.8 Å². The third-order valence-corrected chi connectivity index (χ3v) is 5.47. The molecule has 1 aromatic heterocycles. The maximum Gasteiger partial charge on any atom is 0.316 e. The summed E-state index contributed by atoms with van der Waals surface area (Å²) in [4.78, 5) is 24.6. The zero-order valence-corrected chi connectivity index (χ0v) is 13.8. The summed E-state index contributed by atoms with van der Waals surface area (Å²) in [6.07, 6.45) is 3.21. The molecule has 1 amide bonds. The van der Waals surface area contributed by atoms with E-state index < -0.39 is 17.4 Å².